The number of carbonyl (C=O) groups is 1. The minimum Gasteiger partial charge on any atom is -0.667 e. The molecule has 0 fully saturated rings. The van der Waals surface area contributed by atoms with Crippen LogP contribution >= 0.6 is 23.2 Å². The van der Waals surface area contributed by atoms with Gasteiger partial charge in [0.15, 0.2) is 52.4 Å². The van der Waals surface area contributed by atoms with Crippen LogP contribution < -0.4 is 21.0 Å². The lowest BCUT2D eigenvalue weighted by atomic mass is 9.27. The highest BCUT2D eigenvalue weighted by molar-refractivity contribution is 7.08. The Labute approximate surface area is 312 Å². The number of rotatable bonds is 5. The van der Waals surface area contributed by atoms with E-state index in [9.17, 15) is 44.3 Å². The largest absolute Gasteiger partial charge is 0.667 e. The van der Waals surface area contributed by atoms with Crippen molar-refractivity contribution in [3.63, 3.8) is 0 Å². The zero-order chi connectivity index (χ0) is 42.8. The Morgan fingerprint density at radius 2 is 0.782 bits per heavy atom. The van der Waals surface area contributed by atoms with Gasteiger partial charge in [0.1, 0.15) is 57.4 Å². The Hall–Kier alpha value is -4.07. The molecular formula is C33H26BCl2F15N2O2. The summed E-state index contributed by atoms with van der Waals surface area (Å²) in [6, 6.07) is 0. The highest BCUT2D eigenvalue weighted by Crippen LogP contribution is 2.31. The van der Waals surface area contributed by atoms with Gasteiger partial charge in [0.2, 0.25) is 0 Å². The first kappa shape index (κ1) is 45.3. The van der Waals surface area contributed by atoms with E-state index in [0.717, 1.165) is 9.13 Å². The fourth-order valence-corrected chi connectivity index (χ4v) is 6.32. The molecule has 0 aliphatic carbocycles. The molecule has 0 N–H and O–H groups in total. The number of alkyl halides is 2. The van der Waals surface area contributed by atoms with Crippen LogP contribution in [0, 0.1) is 101 Å². The number of hydrogen-bond donors (Lipinski definition) is 0. The van der Waals surface area contributed by atoms with E-state index >= 15 is 26.3 Å². The maximum atomic E-state index is 15.9. The molecule has 4 nitrogen and oxygen atoms in total. The SMILES string of the molecule is Cc1c(C)[n+](C(C)(C)C)c(C(=O)O[B-](c2c(F)c(F)c(F)c(F)c2F)(c2c(F)c(F)c(F)c(F)c2F)c2c(F)c(F)c(F)c(F)c2F)n1C(C)(C)C.ClCCl. The smallest absolute Gasteiger partial charge is 0.375 e. The molecule has 4 aromatic rings. The molecule has 0 amide bonds. The quantitative estimate of drug-likeness (QED) is 0.0507. The average Bonchev–Trinajstić information content (AvgIpc) is 3.37. The van der Waals surface area contributed by atoms with Crippen LogP contribution in [0.25, 0.3) is 0 Å². The molecular weight excluding hydrogens is 823 g/mol. The van der Waals surface area contributed by atoms with Crippen LogP contribution in [0.5, 0.6) is 0 Å². The van der Waals surface area contributed by atoms with Crippen LogP contribution in [0.1, 0.15) is 63.5 Å². The molecule has 0 saturated heterocycles. The van der Waals surface area contributed by atoms with Crippen LogP contribution in [-0.4, -0.2) is 22.2 Å². The lowest BCUT2D eigenvalue weighted by Gasteiger charge is -2.43. The predicted octanol–water partition coefficient (Wildman–Crippen LogP) is 8.23. The zero-order valence-corrected chi connectivity index (χ0v) is 30.9. The summed E-state index contributed by atoms with van der Waals surface area (Å²) < 4.78 is 235. The van der Waals surface area contributed by atoms with Crippen molar-refractivity contribution in [2.75, 3.05) is 5.34 Å². The van der Waals surface area contributed by atoms with Crippen LogP contribution in [0.2, 0.25) is 0 Å². The normalized spacial score (nSPS) is 12.2. The molecule has 302 valence electrons. The third-order valence-corrected chi connectivity index (χ3v) is 8.38. The summed E-state index contributed by atoms with van der Waals surface area (Å²) in [7, 11) is 0. The summed E-state index contributed by atoms with van der Waals surface area (Å²) in [5, 5.41) is 0.194. The molecule has 0 atom stereocenters. The second-order valence-electron chi connectivity index (χ2n) is 13.8. The van der Waals surface area contributed by atoms with Gasteiger partial charge in [0.25, 0.3) is 6.35 Å². The predicted molar refractivity (Wildman–Crippen MR) is 169 cm³/mol. The van der Waals surface area contributed by atoms with Gasteiger partial charge in [-0.1, -0.05) is 16.4 Å². The number of benzene rings is 3. The van der Waals surface area contributed by atoms with Gasteiger partial charge >= 0.3 is 11.8 Å². The maximum Gasteiger partial charge on any atom is 0.375 e. The highest BCUT2D eigenvalue weighted by atomic mass is 35.5. The molecule has 1 heterocycles. The molecule has 3 aromatic carbocycles. The minimum atomic E-state index is -6.57. The van der Waals surface area contributed by atoms with Gasteiger partial charge in [-0.25, -0.2) is 79.8 Å². The molecule has 0 bridgehead atoms. The lowest BCUT2D eigenvalue weighted by molar-refractivity contribution is -0.760. The number of carbonyl (C=O) groups excluding carboxylic acids is 1. The lowest BCUT2D eigenvalue weighted by Crippen LogP contribution is -2.76. The van der Waals surface area contributed by atoms with E-state index in [0.29, 0.717) is 0 Å². The third kappa shape index (κ3) is 7.12. The first-order chi connectivity index (χ1) is 25.0. The summed E-state index contributed by atoms with van der Waals surface area (Å²) in [6.07, 6.45) is -6.57. The van der Waals surface area contributed by atoms with E-state index in [1.807, 2.05) is 0 Å². The highest BCUT2D eigenvalue weighted by Gasteiger charge is 2.53. The van der Waals surface area contributed by atoms with Crippen molar-refractivity contribution >= 4 is 51.9 Å². The molecule has 0 unspecified atom stereocenters. The summed E-state index contributed by atoms with van der Waals surface area (Å²) in [6.45, 7) is 11.1. The van der Waals surface area contributed by atoms with Gasteiger partial charge in [0.05, 0.1) is 5.34 Å². The minimum absolute atomic E-state index is 0.121. The number of imidazole rings is 1. The molecule has 0 aliphatic heterocycles. The van der Waals surface area contributed by atoms with Crippen molar-refractivity contribution < 1.29 is 79.9 Å². The number of hydrogen-bond acceptors (Lipinski definition) is 2. The molecule has 0 radical (unpaired) electrons. The van der Waals surface area contributed by atoms with Crippen molar-refractivity contribution in [3.8, 4) is 0 Å². The molecule has 55 heavy (non-hydrogen) atoms. The van der Waals surface area contributed by atoms with Gasteiger partial charge in [-0.15, -0.1) is 23.2 Å². The fourth-order valence-electron chi connectivity index (χ4n) is 6.32. The second-order valence-corrected chi connectivity index (χ2v) is 14.6. The Bertz CT molecular complexity index is 1940. The fraction of sp³-hybridized carbons (Fsp3) is 0.333. The topological polar surface area (TPSA) is 35.1 Å². The van der Waals surface area contributed by atoms with Crippen molar-refractivity contribution in [1.29, 1.82) is 0 Å². The second kappa shape index (κ2) is 15.5. The zero-order valence-electron chi connectivity index (χ0n) is 29.4. The summed E-state index contributed by atoms with van der Waals surface area (Å²) in [5.74, 6) is -51.6. The van der Waals surface area contributed by atoms with E-state index < -0.39 is 133 Å². The van der Waals surface area contributed by atoms with E-state index in [2.05, 4.69) is 0 Å². The summed E-state index contributed by atoms with van der Waals surface area (Å²) in [5.41, 5.74) is -11.6. The third-order valence-electron chi connectivity index (χ3n) is 8.38. The van der Waals surface area contributed by atoms with Gasteiger partial charge in [0, 0.05) is 13.8 Å². The van der Waals surface area contributed by atoms with Crippen molar-refractivity contribution in [3.05, 3.63) is 104 Å². The Morgan fingerprint density at radius 3 is 1.00 bits per heavy atom. The number of halogens is 17. The van der Waals surface area contributed by atoms with Gasteiger partial charge in [-0.05, 0) is 41.5 Å². The van der Waals surface area contributed by atoms with E-state index in [-0.39, 0.29) is 16.7 Å². The molecule has 4 rings (SSSR count). The molecule has 0 spiro atoms. The molecule has 22 heteroatoms. The summed E-state index contributed by atoms with van der Waals surface area (Å²) in [4.78, 5) is 14.5. The van der Waals surface area contributed by atoms with Crippen molar-refractivity contribution in [2.24, 2.45) is 0 Å². The Morgan fingerprint density at radius 1 is 0.545 bits per heavy atom. The molecule has 0 aliphatic rings. The van der Waals surface area contributed by atoms with E-state index in [4.69, 9.17) is 27.9 Å². The van der Waals surface area contributed by atoms with E-state index in [1.165, 1.54) is 55.4 Å². The van der Waals surface area contributed by atoms with Crippen molar-refractivity contribution in [1.82, 2.24) is 4.57 Å². The van der Waals surface area contributed by atoms with Gasteiger partial charge in [-0.3, -0.25) is 0 Å². The monoisotopic (exact) mass is 848 g/mol. The van der Waals surface area contributed by atoms with Crippen LogP contribution in [0.4, 0.5) is 65.9 Å². The average molecular weight is 849 g/mol. The van der Waals surface area contributed by atoms with Crippen LogP contribution in [0.15, 0.2) is 0 Å². The summed E-state index contributed by atoms with van der Waals surface area (Å²) >= 11 is 9.53. The maximum absolute atomic E-state index is 15.9. The Kier molecular flexibility index (Phi) is 12.7. The standard InChI is InChI=1S/C32H24BF15N2O2.CH2Cl2/c1-9-10(2)50(32(6,7)8)29(49(9)31(3,4)5)30(51)52-33(11-14(34)20(40)26(46)21(41)15(11)35,12-16(36)22(42)27(47)23(43)17(12)37)13-18(38)24(44)28(48)25(45)19(13)39;2-1-3/h1-8H3;1H2. The molecule has 0 saturated carbocycles. The van der Waals surface area contributed by atoms with Crippen molar-refractivity contribution in [2.45, 2.75) is 66.5 Å². The first-order valence-corrected chi connectivity index (χ1v) is 16.3. The van der Waals surface area contributed by atoms with Gasteiger partial charge < -0.3 is 4.65 Å². The van der Waals surface area contributed by atoms with E-state index in [1.54, 1.807) is 0 Å². The van der Waals surface area contributed by atoms with Gasteiger partial charge in [-0.2, -0.15) is 0 Å². The number of aromatic nitrogens is 2. The van der Waals surface area contributed by atoms with Crippen LogP contribution in [-0.2, 0) is 15.7 Å². The van der Waals surface area contributed by atoms with Crippen LogP contribution in [0.3, 0.4) is 0 Å². The molecule has 1 aromatic heterocycles. The Balaban J connectivity index is 0.00000262. The first-order valence-electron chi connectivity index (χ1n) is 15.2. The number of nitrogens with zero attached hydrogens (tertiary/aromatic N) is 2.